The first-order valence-electron chi connectivity index (χ1n) is 23.5. The molecule has 0 N–H and O–H groups in total. The van der Waals surface area contributed by atoms with Gasteiger partial charge in [-0.1, -0.05) is 201 Å². The van der Waals surface area contributed by atoms with Gasteiger partial charge in [0.25, 0.3) is 0 Å². The lowest BCUT2D eigenvalue weighted by atomic mass is 9.74. The molecule has 312 valence electrons. The van der Waals surface area contributed by atoms with Gasteiger partial charge in [-0.15, -0.1) is 0 Å². The van der Waals surface area contributed by atoms with E-state index in [0.29, 0.717) is 5.92 Å². The van der Waals surface area contributed by atoms with E-state index in [1.807, 2.05) is 0 Å². The maximum atomic E-state index is 2.47. The number of hydrogen-bond acceptors (Lipinski definition) is 1. The van der Waals surface area contributed by atoms with Crippen molar-refractivity contribution >= 4 is 38.6 Å². The van der Waals surface area contributed by atoms with Crippen LogP contribution in [0.2, 0.25) is 0 Å². The van der Waals surface area contributed by atoms with Gasteiger partial charge in [0.2, 0.25) is 0 Å². The van der Waals surface area contributed by atoms with Crippen LogP contribution in [0.5, 0.6) is 0 Å². The summed E-state index contributed by atoms with van der Waals surface area (Å²) in [5, 5.41) is 5.23. The van der Waals surface area contributed by atoms with E-state index < -0.39 is 0 Å². The van der Waals surface area contributed by atoms with Gasteiger partial charge in [0, 0.05) is 22.4 Å². The first-order valence-corrected chi connectivity index (χ1v) is 23.5. The zero-order chi connectivity index (χ0) is 43.3. The topological polar surface area (TPSA) is 3.24 Å². The molecular formula is C64H51N. The number of nitrogens with zero attached hydrogens (tertiary/aromatic N) is 1. The number of fused-ring (bicyclic) bond motifs is 5. The van der Waals surface area contributed by atoms with E-state index in [9.17, 15) is 0 Å². The SMILES string of the molecule is CC1(c2ccccc2)c2ccccc2-c2ccc(-c3ccc(N(c4ccc(-c5ccc6ccccc6c5)cc4)c4ccccc4-c4cccc5cccc(C6CCCCC6)c45)cc3)cc21. The lowest BCUT2D eigenvalue weighted by Gasteiger charge is -2.29. The molecule has 1 fully saturated rings. The largest absolute Gasteiger partial charge is 0.310 e. The summed E-state index contributed by atoms with van der Waals surface area (Å²) in [5.74, 6) is 0.589. The third-order valence-corrected chi connectivity index (χ3v) is 14.7. The molecular weight excluding hydrogens is 783 g/mol. The van der Waals surface area contributed by atoms with E-state index in [-0.39, 0.29) is 5.41 Å². The van der Waals surface area contributed by atoms with Crippen LogP contribution in [0.1, 0.15) is 67.2 Å². The summed E-state index contributed by atoms with van der Waals surface area (Å²) in [6, 6.07) is 83.8. The molecule has 12 rings (SSSR count). The third-order valence-electron chi connectivity index (χ3n) is 14.7. The van der Waals surface area contributed by atoms with E-state index in [0.717, 1.165) is 11.4 Å². The molecule has 1 atom stereocenters. The third kappa shape index (κ3) is 6.77. The van der Waals surface area contributed by atoms with Gasteiger partial charge in [0.05, 0.1) is 5.69 Å². The van der Waals surface area contributed by atoms with E-state index in [1.54, 1.807) is 0 Å². The second kappa shape index (κ2) is 16.3. The highest BCUT2D eigenvalue weighted by Gasteiger charge is 2.40. The molecule has 2 aliphatic rings. The van der Waals surface area contributed by atoms with Crippen LogP contribution in [0.3, 0.4) is 0 Å². The van der Waals surface area contributed by atoms with Crippen molar-refractivity contribution in [3.05, 3.63) is 247 Å². The average molecular weight is 834 g/mol. The first-order chi connectivity index (χ1) is 32.1. The van der Waals surface area contributed by atoms with Crippen molar-refractivity contribution in [1.29, 1.82) is 0 Å². The standard InChI is InChI=1S/C64H51N/c1-64(52-22-6-3-7-23-52)60-28-12-10-24-56(60)57-41-36-51(43-61(57)64)46-34-39-54(40-35-46)65(53-37-32-45(33-38-53)50-31-30-44-16-8-9-19-49(44)42-50)62-29-13-11-25-58(62)59-27-15-21-48-20-14-26-55(63(48)59)47-17-4-2-5-18-47/h3,6-16,19-43,47H,2,4-5,17-18H2,1H3. The molecule has 0 aliphatic heterocycles. The van der Waals surface area contributed by atoms with Crippen molar-refractivity contribution in [1.82, 2.24) is 0 Å². The summed E-state index contributed by atoms with van der Waals surface area (Å²) in [5.41, 5.74) is 18.7. The van der Waals surface area contributed by atoms with Crippen LogP contribution in [0.15, 0.2) is 224 Å². The number of para-hydroxylation sites is 1. The van der Waals surface area contributed by atoms with Crippen LogP contribution < -0.4 is 4.90 Å². The quantitative estimate of drug-likeness (QED) is 0.147. The molecule has 0 saturated heterocycles. The zero-order valence-corrected chi connectivity index (χ0v) is 36.9. The predicted molar refractivity (Wildman–Crippen MR) is 276 cm³/mol. The molecule has 0 aromatic heterocycles. The van der Waals surface area contributed by atoms with Crippen molar-refractivity contribution in [3.63, 3.8) is 0 Å². The van der Waals surface area contributed by atoms with E-state index >= 15 is 0 Å². The van der Waals surface area contributed by atoms with Crippen molar-refractivity contribution in [2.24, 2.45) is 0 Å². The molecule has 1 nitrogen and oxygen atoms in total. The normalized spacial score (nSPS) is 15.8. The first kappa shape index (κ1) is 39.1. The van der Waals surface area contributed by atoms with Crippen LogP contribution in [0, 0.1) is 0 Å². The Hall–Kier alpha value is -7.48. The molecule has 1 heteroatoms. The summed E-state index contributed by atoms with van der Waals surface area (Å²) in [6.07, 6.45) is 6.49. The summed E-state index contributed by atoms with van der Waals surface area (Å²) in [6.45, 7) is 2.40. The van der Waals surface area contributed by atoms with Crippen molar-refractivity contribution in [2.75, 3.05) is 4.90 Å². The molecule has 1 saturated carbocycles. The van der Waals surface area contributed by atoms with E-state index in [4.69, 9.17) is 0 Å². The van der Waals surface area contributed by atoms with Crippen LogP contribution in [0.4, 0.5) is 17.1 Å². The minimum Gasteiger partial charge on any atom is -0.310 e. The van der Waals surface area contributed by atoms with Crippen molar-refractivity contribution in [3.8, 4) is 44.5 Å². The minimum absolute atomic E-state index is 0.249. The lowest BCUT2D eigenvalue weighted by Crippen LogP contribution is -2.22. The second-order valence-corrected chi connectivity index (χ2v) is 18.4. The van der Waals surface area contributed by atoms with Gasteiger partial charge in [-0.3, -0.25) is 0 Å². The number of rotatable bonds is 8. The van der Waals surface area contributed by atoms with Crippen LogP contribution in [-0.2, 0) is 5.41 Å². The Morgan fingerprint density at radius 2 is 0.938 bits per heavy atom. The predicted octanol–water partition coefficient (Wildman–Crippen LogP) is 17.8. The van der Waals surface area contributed by atoms with Gasteiger partial charge >= 0.3 is 0 Å². The summed E-state index contributed by atoms with van der Waals surface area (Å²) < 4.78 is 0. The zero-order valence-electron chi connectivity index (χ0n) is 36.9. The summed E-state index contributed by atoms with van der Waals surface area (Å²) in [7, 11) is 0. The fourth-order valence-electron chi connectivity index (χ4n) is 11.4. The number of benzene rings is 10. The van der Waals surface area contributed by atoms with Gasteiger partial charge in [-0.05, 0) is 151 Å². The van der Waals surface area contributed by atoms with Gasteiger partial charge in [0.1, 0.15) is 0 Å². The van der Waals surface area contributed by atoms with Crippen LogP contribution >= 0.6 is 0 Å². The fraction of sp³-hybridized carbons (Fsp3) is 0.125. The van der Waals surface area contributed by atoms with Crippen LogP contribution in [0.25, 0.3) is 66.1 Å². The Labute approximate surface area is 383 Å². The van der Waals surface area contributed by atoms with Crippen molar-refractivity contribution < 1.29 is 0 Å². The molecule has 0 heterocycles. The Morgan fingerprint density at radius 1 is 0.385 bits per heavy atom. The molecule has 2 aliphatic carbocycles. The summed E-state index contributed by atoms with van der Waals surface area (Å²) >= 11 is 0. The number of anilines is 3. The van der Waals surface area contributed by atoms with E-state index in [2.05, 4.69) is 236 Å². The Kier molecular flexibility index (Phi) is 9.79. The maximum absolute atomic E-state index is 2.47. The van der Waals surface area contributed by atoms with Gasteiger partial charge in [0.15, 0.2) is 0 Å². The monoisotopic (exact) mass is 833 g/mol. The van der Waals surface area contributed by atoms with E-state index in [1.165, 1.54) is 126 Å². The molecule has 10 aromatic rings. The molecule has 1 unspecified atom stereocenters. The molecule has 0 amide bonds. The van der Waals surface area contributed by atoms with Gasteiger partial charge in [-0.25, -0.2) is 0 Å². The highest BCUT2D eigenvalue weighted by atomic mass is 15.1. The highest BCUT2D eigenvalue weighted by Crippen LogP contribution is 2.53. The van der Waals surface area contributed by atoms with Crippen molar-refractivity contribution in [2.45, 2.75) is 50.4 Å². The maximum Gasteiger partial charge on any atom is 0.0540 e. The van der Waals surface area contributed by atoms with Gasteiger partial charge in [-0.2, -0.15) is 0 Å². The fourth-order valence-corrected chi connectivity index (χ4v) is 11.4. The average Bonchev–Trinajstić information content (AvgIpc) is 3.64. The molecule has 10 aromatic carbocycles. The Balaban J connectivity index is 0.984. The van der Waals surface area contributed by atoms with Gasteiger partial charge < -0.3 is 4.90 Å². The molecule has 65 heavy (non-hydrogen) atoms. The Morgan fingerprint density at radius 3 is 1.69 bits per heavy atom. The highest BCUT2D eigenvalue weighted by molar-refractivity contribution is 6.03. The smallest absolute Gasteiger partial charge is 0.0540 e. The molecule has 0 spiro atoms. The minimum atomic E-state index is -0.249. The molecule has 0 radical (unpaired) electrons. The summed E-state index contributed by atoms with van der Waals surface area (Å²) in [4.78, 5) is 2.47. The Bertz CT molecular complexity index is 3350. The van der Waals surface area contributed by atoms with Crippen LogP contribution in [-0.4, -0.2) is 0 Å². The second-order valence-electron chi connectivity index (χ2n) is 18.4. The lowest BCUT2D eigenvalue weighted by molar-refractivity contribution is 0.445. The number of hydrogen-bond donors (Lipinski definition) is 0. The molecule has 0 bridgehead atoms.